The second-order valence-corrected chi connectivity index (χ2v) is 4.09. The van der Waals surface area contributed by atoms with Crippen molar-refractivity contribution in [1.82, 2.24) is 4.98 Å². The molecule has 0 aliphatic carbocycles. The van der Waals surface area contributed by atoms with Crippen molar-refractivity contribution in [2.45, 2.75) is 20.5 Å². The first-order valence-corrected chi connectivity index (χ1v) is 5.56. The lowest BCUT2D eigenvalue weighted by Gasteiger charge is -2.09. The molecule has 0 saturated heterocycles. The van der Waals surface area contributed by atoms with Gasteiger partial charge in [0.05, 0.1) is 0 Å². The second-order valence-electron chi connectivity index (χ2n) is 4.09. The Bertz CT molecular complexity index is 523. The molecule has 3 nitrogen and oxygen atoms in total. The summed E-state index contributed by atoms with van der Waals surface area (Å²) in [5.74, 6) is 1.06. The monoisotopic (exact) mass is 228 g/mol. The SMILES string of the molecule is Cc1ccc(COc2cccnc2N)cc1C. The molecule has 0 aliphatic rings. The van der Waals surface area contributed by atoms with Crippen molar-refractivity contribution < 1.29 is 4.74 Å². The summed E-state index contributed by atoms with van der Waals surface area (Å²) < 4.78 is 5.63. The van der Waals surface area contributed by atoms with Crippen LogP contribution in [-0.4, -0.2) is 4.98 Å². The number of ether oxygens (including phenoxy) is 1. The zero-order valence-electron chi connectivity index (χ0n) is 10.1. The minimum atomic E-state index is 0.427. The van der Waals surface area contributed by atoms with Gasteiger partial charge >= 0.3 is 0 Å². The van der Waals surface area contributed by atoms with Gasteiger partial charge in [0, 0.05) is 6.20 Å². The fourth-order valence-corrected chi connectivity index (χ4v) is 1.58. The summed E-state index contributed by atoms with van der Waals surface area (Å²) in [6.07, 6.45) is 1.65. The molecule has 1 aromatic carbocycles. The Morgan fingerprint density at radius 2 is 2.00 bits per heavy atom. The van der Waals surface area contributed by atoms with Crippen molar-refractivity contribution in [3.05, 3.63) is 53.2 Å². The van der Waals surface area contributed by atoms with Gasteiger partial charge in [0.2, 0.25) is 0 Å². The number of rotatable bonds is 3. The molecule has 0 fully saturated rings. The van der Waals surface area contributed by atoms with Crippen LogP contribution < -0.4 is 10.5 Å². The number of aromatic nitrogens is 1. The summed E-state index contributed by atoms with van der Waals surface area (Å²) in [7, 11) is 0. The van der Waals surface area contributed by atoms with Gasteiger partial charge in [-0.05, 0) is 42.7 Å². The lowest BCUT2D eigenvalue weighted by molar-refractivity contribution is 0.307. The van der Waals surface area contributed by atoms with E-state index in [1.807, 2.05) is 12.1 Å². The largest absolute Gasteiger partial charge is 0.485 e. The molecule has 0 bridgehead atoms. The highest BCUT2D eigenvalue weighted by molar-refractivity contribution is 5.44. The Morgan fingerprint density at radius 3 is 2.71 bits per heavy atom. The molecule has 2 rings (SSSR count). The van der Waals surface area contributed by atoms with Gasteiger partial charge in [-0.25, -0.2) is 4.98 Å². The van der Waals surface area contributed by atoms with E-state index >= 15 is 0 Å². The third-order valence-electron chi connectivity index (χ3n) is 2.77. The number of hydrogen-bond donors (Lipinski definition) is 1. The van der Waals surface area contributed by atoms with Crippen LogP contribution >= 0.6 is 0 Å². The third kappa shape index (κ3) is 2.75. The number of aryl methyl sites for hydroxylation is 2. The number of benzene rings is 1. The molecule has 88 valence electrons. The fraction of sp³-hybridized carbons (Fsp3) is 0.214. The number of nitrogens with zero attached hydrogens (tertiary/aromatic N) is 1. The first-order chi connectivity index (χ1) is 8.16. The Morgan fingerprint density at radius 1 is 1.18 bits per heavy atom. The molecule has 0 spiro atoms. The fourth-order valence-electron chi connectivity index (χ4n) is 1.58. The van der Waals surface area contributed by atoms with Crippen molar-refractivity contribution in [1.29, 1.82) is 0 Å². The van der Waals surface area contributed by atoms with Crippen LogP contribution in [0.25, 0.3) is 0 Å². The summed E-state index contributed by atoms with van der Waals surface area (Å²) in [4.78, 5) is 3.98. The maximum atomic E-state index is 5.70. The molecule has 2 N–H and O–H groups in total. The smallest absolute Gasteiger partial charge is 0.166 e. The van der Waals surface area contributed by atoms with Gasteiger partial charge in [-0.2, -0.15) is 0 Å². The molecule has 1 heterocycles. The molecule has 0 saturated carbocycles. The first-order valence-electron chi connectivity index (χ1n) is 5.56. The van der Waals surface area contributed by atoms with Crippen LogP contribution in [0.3, 0.4) is 0 Å². The van der Waals surface area contributed by atoms with E-state index < -0.39 is 0 Å². The van der Waals surface area contributed by atoms with E-state index in [0.29, 0.717) is 18.2 Å². The number of hydrogen-bond acceptors (Lipinski definition) is 3. The van der Waals surface area contributed by atoms with Crippen LogP contribution in [0.15, 0.2) is 36.5 Å². The Labute approximate surface area is 101 Å². The predicted octanol–water partition coefficient (Wildman–Crippen LogP) is 2.86. The predicted molar refractivity (Wildman–Crippen MR) is 68.9 cm³/mol. The van der Waals surface area contributed by atoms with E-state index in [1.165, 1.54) is 11.1 Å². The van der Waals surface area contributed by atoms with Gasteiger partial charge in [-0.3, -0.25) is 0 Å². The molecule has 0 amide bonds. The van der Waals surface area contributed by atoms with Gasteiger partial charge in [0.15, 0.2) is 11.6 Å². The number of anilines is 1. The highest BCUT2D eigenvalue weighted by atomic mass is 16.5. The van der Waals surface area contributed by atoms with Gasteiger partial charge in [-0.1, -0.05) is 18.2 Å². The summed E-state index contributed by atoms with van der Waals surface area (Å²) in [5.41, 5.74) is 9.39. The van der Waals surface area contributed by atoms with E-state index in [0.717, 1.165) is 5.56 Å². The maximum absolute atomic E-state index is 5.70. The molecule has 2 aromatic rings. The van der Waals surface area contributed by atoms with E-state index in [-0.39, 0.29) is 0 Å². The highest BCUT2D eigenvalue weighted by Gasteiger charge is 2.01. The van der Waals surface area contributed by atoms with Crippen molar-refractivity contribution >= 4 is 5.82 Å². The number of pyridine rings is 1. The molecule has 0 aliphatic heterocycles. The normalized spacial score (nSPS) is 10.2. The van der Waals surface area contributed by atoms with E-state index in [4.69, 9.17) is 10.5 Å². The molecule has 17 heavy (non-hydrogen) atoms. The molecular weight excluding hydrogens is 212 g/mol. The molecule has 3 heteroatoms. The standard InChI is InChI=1S/C14H16N2O/c1-10-5-6-12(8-11(10)2)9-17-13-4-3-7-16-14(13)15/h3-8H,9H2,1-2H3,(H2,15,16). The van der Waals surface area contributed by atoms with Crippen molar-refractivity contribution in [3.8, 4) is 5.75 Å². The zero-order valence-corrected chi connectivity index (χ0v) is 10.1. The minimum absolute atomic E-state index is 0.427. The second kappa shape index (κ2) is 4.87. The van der Waals surface area contributed by atoms with Gasteiger partial charge < -0.3 is 10.5 Å². The Hall–Kier alpha value is -2.03. The van der Waals surface area contributed by atoms with Crippen molar-refractivity contribution in [2.24, 2.45) is 0 Å². The van der Waals surface area contributed by atoms with Gasteiger partial charge in [0.1, 0.15) is 6.61 Å². The van der Waals surface area contributed by atoms with Crippen molar-refractivity contribution in [2.75, 3.05) is 5.73 Å². The van der Waals surface area contributed by atoms with Crippen LogP contribution in [0.1, 0.15) is 16.7 Å². The molecule has 1 aromatic heterocycles. The number of nitrogen functional groups attached to an aromatic ring is 1. The van der Waals surface area contributed by atoms with Gasteiger partial charge in [-0.15, -0.1) is 0 Å². The maximum Gasteiger partial charge on any atom is 0.166 e. The van der Waals surface area contributed by atoms with Crippen LogP contribution in [0.4, 0.5) is 5.82 Å². The topological polar surface area (TPSA) is 48.1 Å². The van der Waals surface area contributed by atoms with Crippen LogP contribution in [0.2, 0.25) is 0 Å². The van der Waals surface area contributed by atoms with Crippen molar-refractivity contribution in [3.63, 3.8) is 0 Å². The lowest BCUT2D eigenvalue weighted by Crippen LogP contribution is -2.00. The average molecular weight is 228 g/mol. The molecule has 0 radical (unpaired) electrons. The van der Waals surface area contributed by atoms with Gasteiger partial charge in [0.25, 0.3) is 0 Å². The average Bonchev–Trinajstić information content (AvgIpc) is 2.32. The summed E-state index contributed by atoms with van der Waals surface area (Å²) in [6, 6.07) is 9.92. The van der Waals surface area contributed by atoms with Crippen LogP contribution in [0, 0.1) is 13.8 Å². The molecular formula is C14H16N2O. The molecule has 0 atom stereocenters. The molecule has 0 unspecified atom stereocenters. The highest BCUT2D eigenvalue weighted by Crippen LogP contribution is 2.19. The zero-order chi connectivity index (χ0) is 12.3. The Kier molecular flexibility index (Phi) is 3.28. The first kappa shape index (κ1) is 11.5. The third-order valence-corrected chi connectivity index (χ3v) is 2.77. The minimum Gasteiger partial charge on any atom is -0.485 e. The van der Waals surface area contributed by atoms with E-state index in [1.54, 1.807) is 6.20 Å². The quantitative estimate of drug-likeness (QED) is 0.878. The Balaban J connectivity index is 2.08. The van der Waals surface area contributed by atoms with E-state index in [2.05, 4.69) is 37.0 Å². The lowest BCUT2D eigenvalue weighted by atomic mass is 10.1. The van der Waals surface area contributed by atoms with E-state index in [9.17, 15) is 0 Å². The summed E-state index contributed by atoms with van der Waals surface area (Å²) >= 11 is 0. The van der Waals surface area contributed by atoms with Crippen LogP contribution in [0.5, 0.6) is 5.75 Å². The summed E-state index contributed by atoms with van der Waals surface area (Å²) in [5, 5.41) is 0. The summed E-state index contributed by atoms with van der Waals surface area (Å²) in [6.45, 7) is 4.70. The number of nitrogens with two attached hydrogens (primary N) is 1. The van der Waals surface area contributed by atoms with Crippen LogP contribution in [-0.2, 0) is 6.61 Å².